The zero-order chi connectivity index (χ0) is 24.8. The van der Waals surface area contributed by atoms with E-state index in [-0.39, 0.29) is 17.7 Å². The minimum atomic E-state index is -0.150. The first-order valence-electron chi connectivity index (χ1n) is 11.4. The molecule has 176 valence electrons. The minimum Gasteiger partial charge on any atom is -0.351 e. The van der Waals surface area contributed by atoms with Crippen molar-refractivity contribution in [2.24, 2.45) is 0 Å². The van der Waals surface area contributed by atoms with Gasteiger partial charge in [-0.05, 0) is 64.6 Å². The zero-order valence-corrected chi connectivity index (χ0v) is 20.8. The summed E-state index contributed by atoms with van der Waals surface area (Å²) in [6.45, 7) is 2.61. The first-order chi connectivity index (χ1) is 17.0. The van der Waals surface area contributed by atoms with Crippen LogP contribution in [-0.2, 0) is 0 Å². The van der Waals surface area contributed by atoms with Crippen LogP contribution in [0.15, 0.2) is 97.1 Å². The summed E-state index contributed by atoms with van der Waals surface area (Å²) in [7, 11) is 0. The van der Waals surface area contributed by atoms with E-state index in [0.717, 1.165) is 28.5 Å². The SMILES string of the molecule is CC(c1ccc(Cl)cc1)C(CNC(=O)c1ccc(-c2ccccc2C=O)cc1)c1ccc(Cl)cc1. The quantitative estimate of drug-likeness (QED) is 0.250. The molecule has 2 unspecified atom stereocenters. The zero-order valence-electron chi connectivity index (χ0n) is 19.2. The molecular weight excluding hydrogens is 477 g/mol. The van der Waals surface area contributed by atoms with Gasteiger partial charge in [-0.25, -0.2) is 0 Å². The Balaban J connectivity index is 1.52. The number of nitrogens with one attached hydrogen (secondary N) is 1. The van der Waals surface area contributed by atoms with Crippen LogP contribution in [-0.4, -0.2) is 18.7 Å². The predicted molar refractivity (Wildman–Crippen MR) is 144 cm³/mol. The summed E-state index contributed by atoms with van der Waals surface area (Å²) in [6.07, 6.45) is 0.842. The average molecular weight is 502 g/mol. The normalized spacial score (nSPS) is 12.5. The summed E-state index contributed by atoms with van der Waals surface area (Å²) < 4.78 is 0. The number of carbonyl (C=O) groups excluding carboxylic acids is 2. The van der Waals surface area contributed by atoms with Gasteiger partial charge in [-0.3, -0.25) is 9.59 Å². The lowest BCUT2D eigenvalue weighted by molar-refractivity contribution is 0.0949. The van der Waals surface area contributed by atoms with Crippen molar-refractivity contribution in [3.63, 3.8) is 0 Å². The first kappa shape index (κ1) is 24.7. The second-order valence-electron chi connectivity index (χ2n) is 8.49. The Kier molecular flexibility index (Phi) is 8.02. The van der Waals surface area contributed by atoms with Crippen LogP contribution in [0.3, 0.4) is 0 Å². The van der Waals surface area contributed by atoms with E-state index < -0.39 is 0 Å². The third-order valence-corrected chi connectivity index (χ3v) is 6.83. The van der Waals surface area contributed by atoms with Gasteiger partial charge in [0.2, 0.25) is 0 Å². The molecule has 0 saturated heterocycles. The Morgan fingerprint density at radius 3 is 1.97 bits per heavy atom. The molecule has 0 saturated carbocycles. The van der Waals surface area contributed by atoms with Crippen molar-refractivity contribution in [3.05, 3.63) is 129 Å². The van der Waals surface area contributed by atoms with Gasteiger partial charge in [0.15, 0.2) is 6.29 Å². The van der Waals surface area contributed by atoms with Crippen LogP contribution < -0.4 is 5.32 Å². The van der Waals surface area contributed by atoms with Crippen molar-refractivity contribution in [1.82, 2.24) is 5.32 Å². The van der Waals surface area contributed by atoms with Gasteiger partial charge in [-0.1, -0.05) is 90.8 Å². The van der Waals surface area contributed by atoms with Crippen LogP contribution in [0, 0.1) is 0 Å². The summed E-state index contributed by atoms with van der Waals surface area (Å²) >= 11 is 12.2. The second-order valence-corrected chi connectivity index (χ2v) is 9.36. The Morgan fingerprint density at radius 1 is 0.800 bits per heavy atom. The van der Waals surface area contributed by atoms with Gasteiger partial charge in [-0.2, -0.15) is 0 Å². The summed E-state index contributed by atoms with van der Waals surface area (Å²) in [4.78, 5) is 24.4. The van der Waals surface area contributed by atoms with Gasteiger partial charge in [-0.15, -0.1) is 0 Å². The summed E-state index contributed by atoms with van der Waals surface area (Å²) in [5.41, 5.74) is 5.14. The second kappa shape index (κ2) is 11.4. The molecule has 1 N–H and O–H groups in total. The molecule has 0 aliphatic rings. The standard InChI is InChI=1S/C30H25Cl2NO2/c1-20(21-10-14-26(31)15-11-21)29(23-12-16-27(32)17-13-23)18-33-30(35)24-8-6-22(7-9-24)28-5-3-2-4-25(28)19-34/h2-17,19-20,29H,18H2,1H3,(H,33,35). The highest BCUT2D eigenvalue weighted by Crippen LogP contribution is 2.33. The lowest BCUT2D eigenvalue weighted by Gasteiger charge is -2.25. The highest BCUT2D eigenvalue weighted by molar-refractivity contribution is 6.30. The number of carbonyl (C=O) groups is 2. The topological polar surface area (TPSA) is 46.2 Å². The van der Waals surface area contributed by atoms with E-state index in [9.17, 15) is 9.59 Å². The van der Waals surface area contributed by atoms with Gasteiger partial charge in [0.25, 0.3) is 5.91 Å². The fraction of sp³-hybridized carbons (Fsp3) is 0.133. The smallest absolute Gasteiger partial charge is 0.251 e. The Labute approximate surface area is 215 Å². The number of aldehydes is 1. The van der Waals surface area contributed by atoms with E-state index in [1.807, 2.05) is 78.9 Å². The number of rotatable bonds is 8. The van der Waals surface area contributed by atoms with Crippen molar-refractivity contribution in [1.29, 1.82) is 0 Å². The van der Waals surface area contributed by atoms with Gasteiger partial charge < -0.3 is 5.32 Å². The van der Waals surface area contributed by atoms with Crippen LogP contribution in [0.5, 0.6) is 0 Å². The highest BCUT2D eigenvalue weighted by atomic mass is 35.5. The van der Waals surface area contributed by atoms with Crippen LogP contribution in [0.25, 0.3) is 11.1 Å². The molecule has 0 heterocycles. The van der Waals surface area contributed by atoms with Gasteiger partial charge in [0, 0.05) is 33.6 Å². The van der Waals surface area contributed by atoms with E-state index in [4.69, 9.17) is 23.2 Å². The fourth-order valence-electron chi connectivity index (χ4n) is 4.26. The third kappa shape index (κ3) is 6.00. The summed E-state index contributed by atoms with van der Waals surface area (Å²) in [5.74, 6) is 0.0228. The molecular formula is C30H25Cl2NO2. The molecule has 1 amide bonds. The maximum absolute atomic E-state index is 13.0. The monoisotopic (exact) mass is 501 g/mol. The third-order valence-electron chi connectivity index (χ3n) is 6.33. The first-order valence-corrected chi connectivity index (χ1v) is 12.2. The van der Waals surface area contributed by atoms with E-state index >= 15 is 0 Å². The molecule has 0 aliphatic carbocycles. The van der Waals surface area contributed by atoms with Crippen LogP contribution in [0.1, 0.15) is 50.6 Å². The minimum absolute atomic E-state index is 0.0381. The molecule has 35 heavy (non-hydrogen) atoms. The molecule has 0 bridgehead atoms. The lowest BCUT2D eigenvalue weighted by Crippen LogP contribution is -2.30. The largest absolute Gasteiger partial charge is 0.351 e. The van der Waals surface area contributed by atoms with Gasteiger partial charge in [0.05, 0.1) is 0 Å². The van der Waals surface area contributed by atoms with Gasteiger partial charge in [0.1, 0.15) is 0 Å². The van der Waals surface area contributed by atoms with Crippen molar-refractivity contribution in [2.75, 3.05) is 6.54 Å². The highest BCUT2D eigenvalue weighted by Gasteiger charge is 2.22. The Hall–Kier alpha value is -3.40. The average Bonchev–Trinajstić information content (AvgIpc) is 2.90. The maximum Gasteiger partial charge on any atom is 0.251 e. The predicted octanol–water partition coefficient (Wildman–Crippen LogP) is 7.79. The van der Waals surface area contributed by atoms with E-state index in [0.29, 0.717) is 27.7 Å². The van der Waals surface area contributed by atoms with E-state index in [1.54, 1.807) is 18.2 Å². The summed E-state index contributed by atoms with van der Waals surface area (Å²) in [6, 6.07) is 30.3. The molecule has 2 atom stereocenters. The summed E-state index contributed by atoms with van der Waals surface area (Å²) in [5, 5.41) is 4.47. The Bertz CT molecular complexity index is 1300. The number of hydrogen-bond acceptors (Lipinski definition) is 2. The molecule has 4 rings (SSSR count). The molecule has 0 spiro atoms. The van der Waals surface area contributed by atoms with Crippen LogP contribution in [0.2, 0.25) is 10.0 Å². The molecule has 5 heteroatoms. The van der Waals surface area contributed by atoms with Crippen molar-refractivity contribution >= 4 is 35.4 Å². The molecule has 0 fully saturated rings. The molecule has 0 aliphatic heterocycles. The van der Waals surface area contributed by atoms with Crippen LogP contribution in [0.4, 0.5) is 0 Å². The van der Waals surface area contributed by atoms with Crippen molar-refractivity contribution in [2.45, 2.75) is 18.8 Å². The van der Waals surface area contributed by atoms with E-state index in [1.165, 1.54) is 0 Å². The molecule has 0 radical (unpaired) electrons. The fourth-order valence-corrected chi connectivity index (χ4v) is 4.51. The number of benzene rings is 4. The molecule has 4 aromatic carbocycles. The lowest BCUT2D eigenvalue weighted by atomic mass is 9.82. The van der Waals surface area contributed by atoms with Crippen LogP contribution >= 0.6 is 23.2 Å². The molecule has 0 aromatic heterocycles. The Morgan fingerprint density at radius 2 is 1.37 bits per heavy atom. The van der Waals surface area contributed by atoms with E-state index in [2.05, 4.69) is 12.2 Å². The van der Waals surface area contributed by atoms with Crippen molar-refractivity contribution in [3.8, 4) is 11.1 Å². The number of amides is 1. The maximum atomic E-state index is 13.0. The number of hydrogen-bond donors (Lipinski definition) is 1. The van der Waals surface area contributed by atoms with Gasteiger partial charge >= 0.3 is 0 Å². The molecule has 3 nitrogen and oxygen atoms in total. The van der Waals surface area contributed by atoms with Crippen molar-refractivity contribution < 1.29 is 9.59 Å². The molecule has 4 aromatic rings. The number of halogens is 2.